The summed E-state index contributed by atoms with van der Waals surface area (Å²) in [6.45, 7) is 7.63. The number of nitrogens with one attached hydrogen (secondary N) is 1. The van der Waals surface area contributed by atoms with E-state index in [1.54, 1.807) is 21.9 Å². The molecule has 25 heavy (non-hydrogen) atoms. The molecule has 0 radical (unpaired) electrons. The zero-order valence-electron chi connectivity index (χ0n) is 15.0. The topological polar surface area (TPSA) is 61.9 Å². The molecule has 0 aromatic heterocycles. The van der Waals surface area contributed by atoms with Gasteiger partial charge in [0.2, 0.25) is 0 Å². The molecular weight excluding hydrogens is 325 g/mol. The lowest BCUT2D eigenvalue weighted by Crippen LogP contribution is -2.49. The summed E-state index contributed by atoms with van der Waals surface area (Å²) in [6.07, 6.45) is 0.697. The largest absolute Gasteiger partial charge is 0.481 e. The highest BCUT2D eigenvalue weighted by Crippen LogP contribution is 2.15. The molecule has 7 heteroatoms. The monoisotopic (exact) mass is 351 g/mol. The molecule has 3 amide bonds. The van der Waals surface area contributed by atoms with E-state index in [-0.39, 0.29) is 29.8 Å². The first-order valence-electron chi connectivity index (χ1n) is 8.48. The number of rotatable bonds is 3. The number of amides is 3. The number of urea groups is 1. The van der Waals surface area contributed by atoms with Gasteiger partial charge in [0.05, 0.1) is 0 Å². The Morgan fingerprint density at radius 3 is 2.44 bits per heavy atom. The summed E-state index contributed by atoms with van der Waals surface area (Å²) in [6, 6.07) is 5.88. The third kappa shape index (κ3) is 5.92. The molecule has 1 aromatic carbocycles. The summed E-state index contributed by atoms with van der Waals surface area (Å²) < 4.78 is 18.8. The Kier molecular flexibility index (Phi) is 6.22. The average Bonchev–Trinajstić information content (AvgIpc) is 2.78. The van der Waals surface area contributed by atoms with Crippen LogP contribution < -0.4 is 10.1 Å². The SMILES string of the molecule is CC(C)(C)NC(=O)N1CCCN(C(=O)COc2ccccc2F)CC1. The number of carbonyl (C=O) groups is 2. The van der Waals surface area contributed by atoms with Crippen molar-refractivity contribution in [2.75, 3.05) is 32.8 Å². The van der Waals surface area contributed by atoms with Crippen LogP contribution in [0, 0.1) is 5.82 Å². The molecule has 1 N–H and O–H groups in total. The summed E-state index contributed by atoms with van der Waals surface area (Å²) in [5.41, 5.74) is -0.299. The number of benzene rings is 1. The van der Waals surface area contributed by atoms with E-state index in [2.05, 4.69) is 5.32 Å². The van der Waals surface area contributed by atoms with Gasteiger partial charge in [-0.3, -0.25) is 4.79 Å². The minimum atomic E-state index is -0.490. The molecule has 2 rings (SSSR count). The molecule has 0 unspecified atom stereocenters. The lowest BCUT2D eigenvalue weighted by atomic mass is 10.1. The van der Waals surface area contributed by atoms with E-state index in [0.29, 0.717) is 32.6 Å². The van der Waals surface area contributed by atoms with E-state index in [0.717, 1.165) is 0 Å². The Morgan fingerprint density at radius 1 is 1.12 bits per heavy atom. The van der Waals surface area contributed by atoms with Crippen molar-refractivity contribution in [1.82, 2.24) is 15.1 Å². The van der Waals surface area contributed by atoms with Gasteiger partial charge >= 0.3 is 6.03 Å². The summed E-state index contributed by atoms with van der Waals surface area (Å²) in [5.74, 6) is -0.630. The molecule has 1 aromatic rings. The molecule has 1 aliphatic rings. The first kappa shape index (κ1) is 19.0. The molecule has 0 saturated carbocycles. The maximum atomic E-state index is 13.5. The van der Waals surface area contributed by atoms with Gasteiger partial charge in [0, 0.05) is 31.7 Å². The van der Waals surface area contributed by atoms with E-state index >= 15 is 0 Å². The minimum absolute atomic E-state index is 0.0665. The molecule has 0 aliphatic carbocycles. The van der Waals surface area contributed by atoms with Crippen LogP contribution in [0.2, 0.25) is 0 Å². The highest BCUT2D eigenvalue weighted by Gasteiger charge is 2.24. The van der Waals surface area contributed by atoms with Gasteiger partial charge in [0.1, 0.15) is 0 Å². The molecule has 1 heterocycles. The third-order valence-electron chi connectivity index (χ3n) is 3.81. The number of para-hydroxylation sites is 1. The molecule has 6 nitrogen and oxygen atoms in total. The van der Waals surface area contributed by atoms with E-state index < -0.39 is 5.82 Å². The molecular formula is C18H26FN3O3. The molecule has 0 atom stereocenters. The van der Waals surface area contributed by atoms with Crippen LogP contribution in [0.15, 0.2) is 24.3 Å². The predicted octanol–water partition coefficient (Wildman–Crippen LogP) is 2.25. The quantitative estimate of drug-likeness (QED) is 0.909. The smallest absolute Gasteiger partial charge is 0.317 e. The number of halogens is 1. The van der Waals surface area contributed by atoms with Crippen molar-refractivity contribution in [2.45, 2.75) is 32.7 Å². The van der Waals surface area contributed by atoms with Crippen molar-refractivity contribution in [3.63, 3.8) is 0 Å². The first-order valence-corrected chi connectivity index (χ1v) is 8.48. The lowest BCUT2D eigenvalue weighted by Gasteiger charge is -2.27. The van der Waals surface area contributed by atoms with Crippen molar-refractivity contribution < 1.29 is 18.7 Å². The van der Waals surface area contributed by atoms with Gasteiger partial charge in [-0.25, -0.2) is 9.18 Å². The van der Waals surface area contributed by atoms with Gasteiger partial charge in [0.25, 0.3) is 5.91 Å². The average molecular weight is 351 g/mol. The molecule has 1 aliphatic heterocycles. The van der Waals surface area contributed by atoms with E-state index in [1.807, 2.05) is 20.8 Å². The van der Waals surface area contributed by atoms with Crippen LogP contribution in [0.3, 0.4) is 0 Å². The number of ether oxygens (including phenoxy) is 1. The minimum Gasteiger partial charge on any atom is -0.481 e. The van der Waals surface area contributed by atoms with Gasteiger partial charge in [-0.15, -0.1) is 0 Å². The van der Waals surface area contributed by atoms with E-state index in [4.69, 9.17) is 4.74 Å². The standard InChI is InChI=1S/C18H26FN3O3/c1-18(2,3)20-17(24)22-10-6-9-21(11-12-22)16(23)13-25-15-8-5-4-7-14(15)19/h4-5,7-8H,6,9-13H2,1-3H3,(H,20,24). The highest BCUT2D eigenvalue weighted by atomic mass is 19.1. The lowest BCUT2D eigenvalue weighted by molar-refractivity contribution is -0.133. The van der Waals surface area contributed by atoms with Crippen LogP contribution in [-0.2, 0) is 4.79 Å². The van der Waals surface area contributed by atoms with Gasteiger partial charge in [-0.2, -0.15) is 0 Å². The zero-order chi connectivity index (χ0) is 18.4. The van der Waals surface area contributed by atoms with Gasteiger partial charge in [-0.05, 0) is 39.3 Å². The van der Waals surface area contributed by atoms with Crippen molar-refractivity contribution in [2.24, 2.45) is 0 Å². The van der Waals surface area contributed by atoms with Crippen LogP contribution >= 0.6 is 0 Å². The summed E-state index contributed by atoms with van der Waals surface area (Å²) in [4.78, 5) is 27.9. The summed E-state index contributed by atoms with van der Waals surface area (Å²) in [5, 5.41) is 2.93. The Labute approximate surface area is 147 Å². The second-order valence-electron chi connectivity index (χ2n) is 7.12. The Balaban J connectivity index is 1.84. The Morgan fingerprint density at radius 2 is 1.76 bits per heavy atom. The fourth-order valence-electron chi connectivity index (χ4n) is 2.56. The molecule has 138 valence electrons. The van der Waals surface area contributed by atoms with Crippen LogP contribution in [0.1, 0.15) is 27.2 Å². The third-order valence-corrected chi connectivity index (χ3v) is 3.81. The number of nitrogens with zero attached hydrogens (tertiary/aromatic N) is 2. The molecule has 1 saturated heterocycles. The maximum Gasteiger partial charge on any atom is 0.317 e. The summed E-state index contributed by atoms with van der Waals surface area (Å²) >= 11 is 0. The van der Waals surface area contributed by atoms with Crippen molar-refractivity contribution in [3.8, 4) is 5.75 Å². The van der Waals surface area contributed by atoms with E-state index in [9.17, 15) is 14.0 Å². The van der Waals surface area contributed by atoms with Crippen molar-refractivity contribution in [3.05, 3.63) is 30.1 Å². The Hall–Kier alpha value is -2.31. The normalized spacial score (nSPS) is 15.5. The van der Waals surface area contributed by atoms with E-state index in [1.165, 1.54) is 12.1 Å². The van der Waals surface area contributed by atoms with Crippen LogP contribution in [0.4, 0.5) is 9.18 Å². The first-order chi connectivity index (χ1) is 11.8. The summed E-state index contributed by atoms with van der Waals surface area (Å²) in [7, 11) is 0. The van der Waals surface area contributed by atoms with Crippen LogP contribution in [-0.4, -0.2) is 60.1 Å². The Bertz CT molecular complexity index is 616. The van der Waals surface area contributed by atoms with Crippen LogP contribution in [0.5, 0.6) is 5.75 Å². The zero-order valence-corrected chi connectivity index (χ0v) is 15.0. The van der Waals surface area contributed by atoms with Crippen molar-refractivity contribution >= 4 is 11.9 Å². The van der Waals surface area contributed by atoms with Crippen LogP contribution in [0.25, 0.3) is 0 Å². The number of hydrogen-bond donors (Lipinski definition) is 1. The van der Waals surface area contributed by atoms with Gasteiger partial charge in [0.15, 0.2) is 18.2 Å². The highest BCUT2D eigenvalue weighted by molar-refractivity contribution is 5.78. The fourth-order valence-corrected chi connectivity index (χ4v) is 2.56. The fraction of sp³-hybridized carbons (Fsp3) is 0.556. The molecule has 0 bridgehead atoms. The van der Waals surface area contributed by atoms with Gasteiger partial charge in [-0.1, -0.05) is 12.1 Å². The molecule has 1 fully saturated rings. The maximum absolute atomic E-state index is 13.5. The second kappa shape index (κ2) is 8.18. The second-order valence-corrected chi connectivity index (χ2v) is 7.12. The number of hydrogen-bond acceptors (Lipinski definition) is 3. The number of carbonyl (C=O) groups excluding carboxylic acids is 2. The van der Waals surface area contributed by atoms with Crippen molar-refractivity contribution in [1.29, 1.82) is 0 Å². The van der Waals surface area contributed by atoms with Gasteiger partial charge < -0.3 is 19.9 Å². The predicted molar refractivity (Wildman–Crippen MR) is 92.9 cm³/mol. The molecule has 0 spiro atoms.